The summed E-state index contributed by atoms with van der Waals surface area (Å²) in [6, 6.07) is 0. The zero-order chi connectivity index (χ0) is 45.2. The summed E-state index contributed by atoms with van der Waals surface area (Å²) < 4.78 is 16.9. The molecule has 0 spiro atoms. The highest BCUT2D eigenvalue weighted by Gasteiger charge is 2.19. The van der Waals surface area contributed by atoms with Crippen LogP contribution in [0.2, 0.25) is 0 Å². The third kappa shape index (κ3) is 49.4. The van der Waals surface area contributed by atoms with E-state index in [9.17, 15) is 14.4 Å². The second-order valence-corrected chi connectivity index (χ2v) is 19.7. The van der Waals surface area contributed by atoms with Crippen LogP contribution in [-0.4, -0.2) is 37.2 Å². The lowest BCUT2D eigenvalue weighted by molar-refractivity contribution is -0.167. The first-order valence-corrected chi connectivity index (χ1v) is 27.9. The van der Waals surface area contributed by atoms with Crippen molar-refractivity contribution in [1.82, 2.24) is 0 Å². The minimum Gasteiger partial charge on any atom is -0.462 e. The zero-order valence-corrected chi connectivity index (χ0v) is 42.3. The molecule has 0 aromatic heterocycles. The topological polar surface area (TPSA) is 78.9 Å². The number of carbonyl (C=O) groups excluding carboxylic acids is 3. The molecule has 0 radical (unpaired) electrons. The van der Waals surface area contributed by atoms with Crippen molar-refractivity contribution in [2.24, 2.45) is 5.92 Å². The zero-order valence-electron chi connectivity index (χ0n) is 42.3. The molecule has 62 heavy (non-hydrogen) atoms. The Morgan fingerprint density at radius 1 is 0.306 bits per heavy atom. The van der Waals surface area contributed by atoms with Gasteiger partial charge in [0.05, 0.1) is 0 Å². The molecule has 0 fully saturated rings. The Kier molecular flexibility index (Phi) is 49.1. The van der Waals surface area contributed by atoms with Gasteiger partial charge in [-0.15, -0.1) is 0 Å². The van der Waals surface area contributed by atoms with Crippen LogP contribution in [-0.2, 0) is 28.6 Å². The van der Waals surface area contributed by atoms with Crippen LogP contribution in [0.5, 0.6) is 0 Å². The fourth-order valence-electron chi connectivity index (χ4n) is 8.57. The van der Waals surface area contributed by atoms with Crippen molar-refractivity contribution in [1.29, 1.82) is 0 Å². The Hall–Kier alpha value is -1.59. The van der Waals surface area contributed by atoms with Crippen LogP contribution >= 0.6 is 0 Å². The lowest BCUT2D eigenvalue weighted by Gasteiger charge is -2.18. The van der Waals surface area contributed by atoms with Crippen LogP contribution in [0.15, 0.2) is 0 Å². The fraction of sp³-hybridized carbons (Fsp3) is 0.946. The summed E-state index contributed by atoms with van der Waals surface area (Å²) in [4.78, 5) is 38.0. The largest absolute Gasteiger partial charge is 0.462 e. The first kappa shape index (κ1) is 60.4. The molecule has 0 bridgehead atoms. The summed E-state index contributed by atoms with van der Waals surface area (Å²) in [5.74, 6) is 0.0000634. The van der Waals surface area contributed by atoms with Gasteiger partial charge in [0.15, 0.2) is 6.10 Å². The van der Waals surface area contributed by atoms with E-state index in [1.807, 2.05) is 0 Å². The minimum absolute atomic E-state index is 0.0621. The molecule has 0 aromatic carbocycles. The molecule has 0 aliphatic heterocycles. The molecule has 0 unspecified atom stereocenters. The van der Waals surface area contributed by atoms with E-state index in [2.05, 4.69) is 27.7 Å². The Balaban J connectivity index is 4.29. The fourth-order valence-corrected chi connectivity index (χ4v) is 8.57. The number of carbonyl (C=O) groups is 3. The third-order valence-electron chi connectivity index (χ3n) is 12.8. The molecule has 0 aliphatic carbocycles. The van der Waals surface area contributed by atoms with Crippen LogP contribution in [0.4, 0.5) is 0 Å². The number of unbranched alkanes of at least 4 members (excludes halogenated alkanes) is 38. The first-order valence-electron chi connectivity index (χ1n) is 27.9. The predicted octanol–water partition coefficient (Wildman–Crippen LogP) is 18.2. The van der Waals surface area contributed by atoms with Gasteiger partial charge in [-0.25, -0.2) is 0 Å². The molecule has 0 rings (SSSR count). The Labute approximate surface area is 387 Å². The van der Waals surface area contributed by atoms with Crippen LogP contribution in [0.3, 0.4) is 0 Å². The number of hydrogen-bond donors (Lipinski definition) is 0. The quantitative estimate of drug-likeness (QED) is 0.0344. The maximum Gasteiger partial charge on any atom is 0.306 e. The van der Waals surface area contributed by atoms with Gasteiger partial charge in [-0.05, 0) is 25.2 Å². The van der Waals surface area contributed by atoms with Gasteiger partial charge in [-0.1, -0.05) is 278 Å². The van der Waals surface area contributed by atoms with Crippen molar-refractivity contribution in [3.63, 3.8) is 0 Å². The molecule has 0 saturated carbocycles. The summed E-state index contributed by atoms with van der Waals surface area (Å²) in [7, 11) is 0. The first-order chi connectivity index (χ1) is 30.4. The Morgan fingerprint density at radius 2 is 0.532 bits per heavy atom. The van der Waals surface area contributed by atoms with E-state index in [0.717, 1.165) is 63.7 Å². The van der Waals surface area contributed by atoms with Crippen LogP contribution in [0.1, 0.15) is 317 Å². The number of ether oxygens (including phenoxy) is 3. The highest BCUT2D eigenvalue weighted by atomic mass is 16.6. The van der Waals surface area contributed by atoms with Crippen molar-refractivity contribution in [2.45, 2.75) is 323 Å². The molecule has 1 atom stereocenters. The van der Waals surface area contributed by atoms with Crippen LogP contribution in [0, 0.1) is 5.92 Å². The van der Waals surface area contributed by atoms with Gasteiger partial charge in [0, 0.05) is 19.3 Å². The number of hydrogen-bond acceptors (Lipinski definition) is 6. The molecular formula is C56H108O6. The van der Waals surface area contributed by atoms with Crippen molar-refractivity contribution >= 4 is 17.9 Å². The highest BCUT2D eigenvalue weighted by Crippen LogP contribution is 2.18. The third-order valence-corrected chi connectivity index (χ3v) is 12.8. The van der Waals surface area contributed by atoms with Gasteiger partial charge in [0.1, 0.15) is 13.2 Å². The minimum atomic E-state index is -0.761. The molecule has 0 amide bonds. The van der Waals surface area contributed by atoms with Gasteiger partial charge < -0.3 is 14.2 Å². The highest BCUT2D eigenvalue weighted by molar-refractivity contribution is 5.71. The molecule has 0 saturated heterocycles. The van der Waals surface area contributed by atoms with Gasteiger partial charge in [0.25, 0.3) is 0 Å². The van der Waals surface area contributed by atoms with Crippen molar-refractivity contribution < 1.29 is 28.6 Å². The summed E-state index contributed by atoms with van der Waals surface area (Å²) in [5, 5.41) is 0. The van der Waals surface area contributed by atoms with E-state index in [0.29, 0.717) is 19.3 Å². The molecule has 0 N–H and O–H groups in total. The van der Waals surface area contributed by atoms with Crippen molar-refractivity contribution in [3.05, 3.63) is 0 Å². The number of rotatable bonds is 51. The average Bonchev–Trinajstić information content (AvgIpc) is 3.26. The van der Waals surface area contributed by atoms with E-state index in [-0.39, 0.29) is 31.1 Å². The lowest BCUT2D eigenvalue weighted by atomic mass is 10.0. The van der Waals surface area contributed by atoms with E-state index in [1.54, 1.807) is 0 Å². The van der Waals surface area contributed by atoms with E-state index in [4.69, 9.17) is 14.2 Å². The molecule has 6 heteroatoms. The number of esters is 3. The van der Waals surface area contributed by atoms with Gasteiger partial charge in [-0.2, -0.15) is 0 Å². The van der Waals surface area contributed by atoms with Crippen molar-refractivity contribution in [3.8, 4) is 0 Å². The predicted molar refractivity (Wildman–Crippen MR) is 266 cm³/mol. The molecule has 0 aromatic rings. The standard InChI is InChI=1S/C56H108O6/c1-5-7-9-11-13-15-17-19-20-21-24-28-32-36-40-44-48-55(58)61-51-53(50-60-54(57)47-43-39-35-31-27-18-16-14-12-10-8-6-2)62-56(59)49-45-41-37-33-29-25-22-23-26-30-34-38-42-46-52(3)4/h52-53H,5-51H2,1-4H3/t53-/m1/s1. The Bertz CT molecular complexity index is 933. The maximum absolute atomic E-state index is 12.8. The molecule has 6 nitrogen and oxygen atoms in total. The summed E-state index contributed by atoms with van der Waals surface area (Å²) in [6.45, 7) is 9.05. The second kappa shape index (κ2) is 50.4. The molecule has 368 valence electrons. The maximum atomic E-state index is 12.8. The van der Waals surface area contributed by atoms with E-state index < -0.39 is 6.10 Å². The smallest absolute Gasteiger partial charge is 0.306 e. The average molecular weight is 877 g/mol. The van der Waals surface area contributed by atoms with Gasteiger partial charge in [-0.3, -0.25) is 14.4 Å². The Morgan fingerprint density at radius 3 is 0.790 bits per heavy atom. The van der Waals surface area contributed by atoms with E-state index in [1.165, 1.54) is 212 Å². The molecular weight excluding hydrogens is 769 g/mol. The van der Waals surface area contributed by atoms with Crippen molar-refractivity contribution in [2.75, 3.05) is 13.2 Å². The van der Waals surface area contributed by atoms with Crippen LogP contribution in [0.25, 0.3) is 0 Å². The van der Waals surface area contributed by atoms with Gasteiger partial charge >= 0.3 is 17.9 Å². The molecule has 0 aliphatic rings. The van der Waals surface area contributed by atoms with Crippen LogP contribution < -0.4 is 0 Å². The summed E-state index contributed by atoms with van der Waals surface area (Å²) >= 11 is 0. The normalized spacial score (nSPS) is 12.0. The monoisotopic (exact) mass is 877 g/mol. The molecule has 0 heterocycles. The van der Waals surface area contributed by atoms with E-state index >= 15 is 0 Å². The lowest BCUT2D eigenvalue weighted by Crippen LogP contribution is -2.30. The second-order valence-electron chi connectivity index (χ2n) is 19.7. The summed E-state index contributed by atoms with van der Waals surface area (Å²) in [6.07, 6.45) is 53.7. The SMILES string of the molecule is CCCCCCCCCCCCCCCCCCC(=O)OC[C@@H](COC(=O)CCCCCCCCCCCCCC)OC(=O)CCCCCCCCCCCCCCCC(C)C. The van der Waals surface area contributed by atoms with Gasteiger partial charge in [0.2, 0.25) is 0 Å². The summed E-state index contributed by atoms with van der Waals surface area (Å²) in [5.41, 5.74) is 0.